The number of hydrogen-bond donors (Lipinski definition) is 2. The average molecular weight is 509 g/mol. The van der Waals surface area contributed by atoms with Crippen molar-refractivity contribution in [2.24, 2.45) is 0 Å². The molecule has 0 bridgehead atoms. The van der Waals surface area contributed by atoms with Gasteiger partial charge in [-0.05, 0) is 46.3 Å². The van der Waals surface area contributed by atoms with E-state index >= 15 is 0 Å². The van der Waals surface area contributed by atoms with E-state index in [1.807, 2.05) is 6.92 Å². The summed E-state index contributed by atoms with van der Waals surface area (Å²) in [6.45, 7) is 9.49. The molecule has 0 radical (unpaired) electrons. The molecule has 0 fully saturated rings. The highest BCUT2D eigenvalue weighted by molar-refractivity contribution is 6.34. The Morgan fingerprint density at radius 3 is 2.70 bits per heavy atom. The van der Waals surface area contributed by atoms with Gasteiger partial charge in [-0.15, -0.1) is 5.10 Å². The predicted octanol–water partition coefficient (Wildman–Crippen LogP) is 3.91. The van der Waals surface area contributed by atoms with Crippen molar-refractivity contribution >= 4 is 35.3 Å². The van der Waals surface area contributed by atoms with Gasteiger partial charge < -0.3 is 24.5 Å². The highest BCUT2D eigenvalue weighted by atomic mass is 16.6. The van der Waals surface area contributed by atoms with E-state index in [0.717, 1.165) is 4.68 Å². The molecule has 0 unspecified atom stereocenters. The minimum atomic E-state index is -0.719. The minimum Gasteiger partial charge on any atom is -0.476 e. The topological polar surface area (TPSA) is 150 Å². The Kier molecular flexibility index (Phi) is 7.09. The van der Waals surface area contributed by atoms with Crippen molar-refractivity contribution in [2.75, 3.05) is 18.5 Å². The van der Waals surface area contributed by atoms with Gasteiger partial charge in [0.05, 0.1) is 48.1 Å². The summed E-state index contributed by atoms with van der Waals surface area (Å²) in [4.78, 5) is 49.5. The van der Waals surface area contributed by atoms with Gasteiger partial charge in [0.15, 0.2) is 5.82 Å². The number of anilines is 1. The van der Waals surface area contributed by atoms with Gasteiger partial charge in [0.2, 0.25) is 5.88 Å². The summed E-state index contributed by atoms with van der Waals surface area (Å²) >= 11 is 0. The molecule has 4 rings (SSSR count). The van der Waals surface area contributed by atoms with Crippen molar-refractivity contribution in [3.8, 4) is 17.3 Å². The van der Waals surface area contributed by atoms with Crippen LogP contribution in [0.25, 0.3) is 23.0 Å². The van der Waals surface area contributed by atoms with E-state index in [0.29, 0.717) is 41.2 Å². The zero-order valence-electron chi connectivity index (χ0n) is 21.2. The highest BCUT2D eigenvalue weighted by Gasteiger charge is 2.30. The number of ether oxygens (including phenoxy) is 3. The number of amides is 1. The second kappa shape index (κ2) is 10.2. The number of H-pyrrole nitrogens is 1. The molecule has 37 heavy (non-hydrogen) atoms. The molecule has 1 amide bonds. The third kappa shape index (κ3) is 5.52. The fraction of sp³-hybridized carbons (Fsp3) is 0.360. The molecule has 194 valence electrons. The lowest BCUT2D eigenvalue weighted by molar-refractivity contribution is -0.110. The normalized spacial score (nSPS) is 13.9. The van der Waals surface area contributed by atoms with E-state index < -0.39 is 23.6 Å². The van der Waals surface area contributed by atoms with E-state index in [9.17, 15) is 14.4 Å². The van der Waals surface area contributed by atoms with Crippen LogP contribution in [0.2, 0.25) is 0 Å². The number of aromatic amines is 1. The van der Waals surface area contributed by atoms with E-state index in [1.165, 1.54) is 18.5 Å². The van der Waals surface area contributed by atoms with Gasteiger partial charge in [-0.25, -0.2) is 19.6 Å². The van der Waals surface area contributed by atoms with Gasteiger partial charge in [-0.3, -0.25) is 4.79 Å². The van der Waals surface area contributed by atoms with Crippen LogP contribution in [0.1, 0.15) is 62.8 Å². The van der Waals surface area contributed by atoms with E-state index in [4.69, 9.17) is 14.2 Å². The maximum atomic E-state index is 12.8. The molecule has 1 aliphatic rings. The Bertz CT molecular complexity index is 1380. The number of fused-ring (bicyclic) bond motifs is 1. The average Bonchev–Trinajstić information content (AvgIpc) is 3.54. The molecule has 0 saturated heterocycles. The molecular formula is C25H28N6O6. The number of nitrogens with zero attached hydrogens (tertiary/aromatic N) is 4. The first-order valence-electron chi connectivity index (χ1n) is 11.8. The fourth-order valence-electron chi connectivity index (χ4n) is 3.49. The second-order valence-electron chi connectivity index (χ2n) is 9.11. The third-order valence-corrected chi connectivity index (χ3v) is 5.04. The van der Waals surface area contributed by atoms with Crippen molar-refractivity contribution in [3.63, 3.8) is 0 Å². The Labute approximate surface area is 213 Å². The first kappa shape index (κ1) is 25.6. The largest absolute Gasteiger partial charge is 0.476 e. The van der Waals surface area contributed by atoms with Crippen LogP contribution in [0.3, 0.4) is 0 Å². The monoisotopic (exact) mass is 508 g/mol. The van der Waals surface area contributed by atoms with Crippen LogP contribution in [0.5, 0.6) is 5.88 Å². The number of carbonyl (C=O) groups is 3. The Balaban J connectivity index is 1.74. The summed E-state index contributed by atoms with van der Waals surface area (Å²) in [5.41, 5.74) is 1.28. The minimum absolute atomic E-state index is 0.157. The van der Waals surface area contributed by atoms with Gasteiger partial charge in [-0.2, -0.15) is 4.68 Å². The van der Waals surface area contributed by atoms with Crippen LogP contribution in [0.4, 0.5) is 10.5 Å². The lowest BCUT2D eigenvalue weighted by Crippen LogP contribution is -2.27. The molecule has 0 spiro atoms. The third-order valence-electron chi connectivity index (χ3n) is 5.04. The van der Waals surface area contributed by atoms with Gasteiger partial charge >= 0.3 is 12.1 Å². The highest BCUT2D eigenvalue weighted by Crippen LogP contribution is 2.35. The fourth-order valence-corrected chi connectivity index (χ4v) is 3.49. The predicted molar refractivity (Wildman–Crippen MR) is 134 cm³/mol. The molecule has 0 atom stereocenters. The van der Waals surface area contributed by atoms with Crippen LogP contribution >= 0.6 is 0 Å². The number of hydrogen-bond acceptors (Lipinski definition) is 9. The van der Waals surface area contributed by atoms with Gasteiger partial charge in [0.25, 0.3) is 5.91 Å². The molecule has 0 aromatic carbocycles. The molecule has 3 aromatic heterocycles. The lowest BCUT2D eigenvalue weighted by atomic mass is 10.1. The number of nitrogens with one attached hydrogen (secondary N) is 2. The van der Waals surface area contributed by atoms with Crippen molar-refractivity contribution in [1.82, 2.24) is 24.7 Å². The molecule has 2 N–H and O–H groups in total. The summed E-state index contributed by atoms with van der Waals surface area (Å²) in [6.07, 6.45) is 6.04. The summed E-state index contributed by atoms with van der Waals surface area (Å²) < 4.78 is 17.3. The van der Waals surface area contributed by atoms with Crippen molar-refractivity contribution < 1.29 is 28.6 Å². The first-order chi connectivity index (χ1) is 17.6. The van der Waals surface area contributed by atoms with Crippen LogP contribution in [-0.4, -0.2) is 61.5 Å². The molecule has 0 aliphatic carbocycles. The number of rotatable bonds is 7. The molecule has 0 saturated carbocycles. The Hall–Kier alpha value is -4.48. The first-order valence-corrected chi connectivity index (χ1v) is 11.8. The van der Waals surface area contributed by atoms with Gasteiger partial charge in [0, 0.05) is 6.20 Å². The van der Waals surface area contributed by atoms with Crippen LogP contribution in [0, 0.1) is 0 Å². The SMILES string of the molecule is CCCOc1nn(C(=O)OC(C)(C)C)cc1-c1ncc2c(n1)/C(=C/c1[nH]ccc1C(=O)OCC)C(=O)N2. The van der Waals surface area contributed by atoms with Gasteiger partial charge in [0.1, 0.15) is 16.9 Å². The second-order valence-corrected chi connectivity index (χ2v) is 9.11. The zero-order chi connectivity index (χ0) is 26.7. The van der Waals surface area contributed by atoms with Crippen molar-refractivity contribution in [2.45, 2.75) is 46.6 Å². The van der Waals surface area contributed by atoms with E-state index in [-0.39, 0.29) is 23.9 Å². The molecule has 12 nitrogen and oxygen atoms in total. The molecule has 3 aromatic rings. The maximum Gasteiger partial charge on any atom is 0.435 e. The van der Waals surface area contributed by atoms with Crippen LogP contribution in [-0.2, 0) is 14.3 Å². The number of aromatic nitrogens is 5. The van der Waals surface area contributed by atoms with Crippen molar-refractivity contribution in [3.05, 3.63) is 41.6 Å². The number of esters is 1. The number of carbonyl (C=O) groups excluding carboxylic acids is 3. The summed E-state index contributed by atoms with van der Waals surface area (Å²) in [5.74, 6) is -0.564. The molecule has 1 aliphatic heterocycles. The smallest absolute Gasteiger partial charge is 0.435 e. The zero-order valence-corrected chi connectivity index (χ0v) is 21.2. The Morgan fingerprint density at radius 2 is 2.00 bits per heavy atom. The van der Waals surface area contributed by atoms with E-state index in [2.05, 4.69) is 25.4 Å². The maximum absolute atomic E-state index is 12.8. The molecular weight excluding hydrogens is 480 g/mol. The quantitative estimate of drug-likeness (QED) is 0.357. The lowest BCUT2D eigenvalue weighted by Gasteiger charge is -2.18. The molecule has 12 heteroatoms. The summed E-state index contributed by atoms with van der Waals surface area (Å²) in [5, 5.41) is 6.95. The standard InChI is InChI=1S/C25H28N6O6/c1-6-10-36-22-16(13-31(30-22)24(34)37-25(3,4)5)20-27-12-18-19(29-20)15(21(32)28-18)11-17-14(8-9-26-17)23(33)35-7-2/h8-9,11-13,26H,6-7,10H2,1-5H3,(H,28,32)/b15-11-. The van der Waals surface area contributed by atoms with Crippen LogP contribution < -0.4 is 10.1 Å². The summed E-state index contributed by atoms with van der Waals surface area (Å²) in [6, 6.07) is 1.58. The van der Waals surface area contributed by atoms with Crippen molar-refractivity contribution in [1.29, 1.82) is 0 Å². The summed E-state index contributed by atoms with van der Waals surface area (Å²) in [7, 11) is 0. The van der Waals surface area contributed by atoms with E-state index in [1.54, 1.807) is 40.0 Å². The molecule has 4 heterocycles. The Morgan fingerprint density at radius 1 is 1.22 bits per heavy atom. The van der Waals surface area contributed by atoms with Gasteiger partial charge in [-0.1, -0.05) is 6.92 Å². The van der Waals surface area contributed by atoms with Crippen LogP contribution in [0.15, 0.2) is 24.7 Å².